The third-order valence-corrected chi connectivity index (χ3v) is 3.77. The third kappa shape index (κ3) is 2.34. The number of hydrogen-bond donors (Lipinski definition) is 0. The van der Waals surface area contributed by atoms with Gasteiger partial charge in [0.2, 0.25) is 5.78 Å². The molecule has 1 heterocycles. The van der Waals surface area contributed by atoms with E-state index in [0.29, 0.717) is 11.1 Å². The van der Waals surface area contributed by atoms with E-state index in [-0.39, 0.29) is 16.6 Å². The largest absolute Gasteiger partial charge is 0.452 e. The van der Waals surface area contributed by atoms with E-state index in [0.717, 1.165) is 16.5 Å². The van der Waals surface area contributed by atoms with Crippen LogP contribution in [0.3, 0.4) is 0 Å². The summed E-state index contributed by atoms with van der Waals surface area (Å²) in [5.41, 5.74) is 2.81. The van der Waals surface area contributed by atoms with Gasteiger partial charge in [0.05, 0.1) is 5.02 Å². The fourth-order valence-electron chi connectivity index (χ4n) is 2.32. The lowest BCUT2D eigenvalue weighted by atomic mass is 10.0. The molecule has 2 nitrogen and oxygen atoms in total. The summed E-state index contributed by atoms with van der Waals surface area (Å²) in [5, 5.41) is 0.822. The number of carbonyl (C=O) groups is 1. The lowest BCUT2D eigenvalue weighted by Crippen LogP contribution is -2.01. The summed E-state index contributed by atoms with van der Waals surface area (Å²) in [6, 6.07) is 9.68. The van der Waals surface area contributed by atoms with Gasteiger partial charge in [0.1, 0.15) is 11.4 Å². The molecule has 0 saturated heterocycles. The maximum atomic E-state index is 13.2. The minimum Gasteiger partial charge on any atom is -0.452 e. The summed E-state index contributed by atoms with van der Waals surface area (Å²) in [6.07, 6.45) is 0. The Morgan fingerprint density at radius 2 is 1.90 bits per heavy atom. The zero-order valence-corrected chi connectivity index (χ0v) is 12.3. The van der Waals surface area contributed by atoms with E-state index < -0.39 is 5.82 Å². The highest BCUT2D eigenvalue weighted by Gasteiger charge is 2.20. The van der Waals surface area contributed by atoms with E-state index in [1.165, 1.54) is 18.2 Å². The summed E-state index contributed by atoms with van der Waals surface area (Å²) in [6.45, 7) is 3.79. The molecule has 1 aromatic heterocycles. The van der Waals surface area contributed by atoms with Gasteiger partial charge in [-0.15, -0.1) is 0 Å². The van der Waals surface area contributed by atoms with Crippen LogP contribution in [0.25, 0.3) is 11.0 Å². The van der Waals surface area contributed by atoms with Crippen molar-refractivity contribution in [1.82, 2.24) is 0 Å². The van der Waals surface area contributed by atoms with Crippen LogP contribution in [0.4, 0.5) is 4.39 Å². The first-order valence-corrected chi connectivity index (χ1v) is 6.84. The zero-order chi connectivity index (χ0) is 15.1. The molecule has 0 spiro atoms. The van der Waals surface area contributed by atoms with Crippen molar-refractivity contribution in [2.45, 2.75) is 13.8 Å². The molecule has 0 radical (unpaired) electrons. The van der Waals surface area contributed by atoms with Gasteiger partial charge in [-0.3, -0.25) is 4.79 Å². The number of carbonyl (C=O) groups excluding carboxylic acids is 1. The Kier molecular flexibility index (Phi) is 3.30. The van der Waals surface area contributed by atoms with Gasteiger partial charge in [-0.05, 0) is 43.7 Å². The first-order chi connectivity index (χ1) is 9.97. The van der Waals surface area contributed by atoms with Crippen molar-refractivity contribution in [1.29, 1.82) is 0 Å². The molecule has 0 unspecified atom stereocenters. The minimum absolute atomic E-state index is 0.0783. The fourth-order valence-corrected chi connectivity index (χ4v) is 2.50. The topological polar surface area (TPSA) is 30.2 Å². The summed E-state index contributed by atoms with van der Waals surface area (Å²) in [7, 11) is 0. The molecule has 21 heavy (non-hydrogen) atoms. The number of rotatable bonds is 2. The first-order valence-electron chi connectivity index (χ1n) is 6.47. The molecule has 3 rings (SSSR count). The zero-order valence-electron chi connectivity index (χ0n) is 11.5. The van der Waals surface area contributed by atoms with Crippen LogP contribution in [0.1, 0.15) is 27.2 Å². The van der Waals surface area contributed by atoms with Crippen LogP contribution >= 0.6 is 11.6 Å². The Labute approximate surface area is 126 Å². The van der Waals surface area contributed by atoms with Gasteiger partial charge in [0.25, 0.3) is 0 Å². The van der Waals surface area contributed by atoms with Crippen LogP contribution in [-0.2, 0) is 0 Å². The van der Waals surface area contributed by atoms with E-state index in [9.17, 15) is 9.18 Å². The second-order valence-electron chi connectivity index (χ2n) is 5.01. The predicted octanol–water partition coefficient (Wildman–Crippen LogP) is 5.07. The number of aryl methyl sites for hydroxylation is 2. The molecule has 106 valence electrons. The maximum Gasteiger partial charge on any atom is 0.228 e. The predicted molar refractivity (Wildman–Crippen MR) is 80.5 cm³/mol. The lowest BCUT2D eigenvalue weighted by molar-refractivity contribution is 0.101. The average molecular weight is 303 g/mol. The molecule has 0 saturated carbocycles. The highest BCUT2D eigenvalue weighted by Crippen LogP contribution is 2.28. The highest BCUT2D eigenvalue weighted by molar-refractivity contribution is 6.31. The van der Waals surface area contributed by atoms with Crippen LogP contribution < -0.4 is 0 Å². The third-order valence-electron chi connectivity index (χ3n) is 3.48. The normalized spacial score (nSPS) is 11.0. The molecule has 0 aliphatic rings. The molecule has 0 aliphatic heterocycles. The summed E-state index contributed by atoms with van der Waals surface area (Å²) < 4.78 is 18.9. The van der Waals surface area contributed by atoms with E-state index >= 15 is 0 Å². The Balaban J connectivity index is 2.13. The number of halogens is 2. The number of benzene rings is 2. The SMILES string of the molecule is Cc1ccc2c(C)c(C(=O)c3ccc(F)c(Cl)c3)oc2c1. The molecular formula is C17H12ClFO2. The van der Waals surface area contributed by atoms with Gasteiger partial charge < -0.3 is 4.42 Å². The minimum atomic E-state index is -0.551. The number of ketones is 1. The number of hydrogen-bond acceptors (Lipinski definition) is 2. The van der Waals surface area contributed by atoms with Gasteiger partial charge in [-0.25, -0.2) is 4.39 Å². The molecule has 4 heteroatoms. The van der Waals surface area contributed by atoms with E-state index in [1.54, 1.807) is 0 Å². The van der Waals surface area contributed by atoms with E-state index in [2.05, 4.69) is 0 Å². The second-order valence-corrected chi connectivity index (χ2v) is 5.42. The molecule has 0 atom stereocenters. The Bertz CT molecular complexity index is 865. The molecular weight excluding hydrogens is 291 g/mol. The van der Waals surface area contributed by atoms with E-state index in [4.69, 9.17) is 16.0 Å². The lowest BCUT2D eigenvalue weighted by Gasteiger charge is -2.00. The van der Waals surface area contributed by atoms with Crippen molar-refractivity contribution >= 4 is 28.4 Å². The fraction of sp³-hybridized carbons (Fsp3) is 0.118. The van der Waals surface area contributed by atoms with Gasteiger partial charge in [0.15, 0.2) is 5.76 Å². The Morgan fingerprint density at radius 3 is 2.62 bits per heavy atom. The van der Waals surface area contributed by atoms with Crippen molar-refractivity contribution < 1.29 is 13.6 Å². The summed E-state index contributed by atoms with van der Waals surface area (Å²) in [4.78, 5) is 12.5. The van der Waals surface area contributed by atoms with E-state index in [1.807, 2.05) is 32.0 Å². The highest BCUT2D eigenvalue weighted by atomic mass is 35.5. The van der Waals surface area contributed by atoms with Crippen LogP contribution in [0, 0.1) is 19.7 Å². The first kappa shape index (κ1) is 13.8. The van der Waals surface area contributed by atoms with Crippen LogP contribution in [0.15, 0.2) is 40.8 Å². The van der Waals surface area contributed by atoms with Crippen molar-refractivity contribution in [2.75, 3.05) is 0 Å². The molecule has 0 bridgehead atoms. The average Bonchev–Trinajstić information content (AvgIpc) is 2.77. The van der Waals surface area contributed by atoms with Gasteiger partial charge in [-0.2, -0.15) is 0 Å². The standard InChI is InChI=1S/C17H12ClFO2/c1-9-3-5-12-10(2)17(21-15(12)7-9)16(20)11-4-6-14(19)13(18)8-11/h3-8H,1-2H3. The molecule has 3 aromatic rings. The smallest absolute Gasteiger partial charge is 0.228 e. The molecule has 0 aliphatic carbocycles. The molecule has 0 fully saturated rings. The number of furan rings is 1. The molecule has 2 aromatic carbocycles. The Morgan fingerprint density at radius 1 is 1.14 bits per heavy atom. The monoisotopic (exact) mass is 302 g/mol. The summed E-state index contributed by atoms with van der Waals surface area (Å²) in [5.74, 6) is -0.591. The maximum absolute atomic E-state index is 13.2. The van der Waals surface area contributed by atoms with Gasteiger partial charge in [0, 0.05) is 16.5 Å². The Hall–Kier alpha value is -2.13. The molecule has 0 N–H and O–H groups in total. The van der Waals surface area contributed by atoms with Crippen LogP contribution in [-0.4, -0.2) is 5.78 Å². The second kappa shape index (κ2) is 5.01. The van der Waals surface area contributed by atoms with Crippen LogP contribution in [0.2, 0.25) is 5.02 Å². The molecule has 0 amide bonds. The van der Waals surface area contributed by atoms with Crippen LogP contribution in [0.5, 0.6) is 0 Å². The quantitative estimate of drug-likeness (QED) is 0.618. The number of fused-ring (bicyclic) bond motifs is 1. The van der Waals surface area contributed by atoms with Crippen molar-refractivity contribution in [3.8, 4) is 0 Å². The van der Waals surface area contributed by atoms with Crippen molar-refractivity contribution in [3.63, 3.8) is 0 Å². The van der Waals surface area contributed by atoms with Crippen molar-refractivity contribution in [3.05, 3.63) is 69.7 Å². The van der Waals surface area contributed by atoms with Gasteiger partial charge in [-0.1, -0.05) is 23.7 Å². The van der Waals surface area contributed by atoms with Gasteiger partial charge >= 0.3 is 0 Å². The van der Waals surface area contributed by atoms with Crippen molar-refractivity contribution in [2.24, 2.45) is 0 Å². The summed E-state index contributed by atoms with van der Waals surface area (Å²) >= 11 is 5.73.